The number of nitrogens with zero attached hydrogens (tertiary/aromatic N) is 1. The van der Waals surface area contributed by atoms with Crippen LogP contribution in [0.15, 0.2) is 16.6 Å². The van der Waals surface area contributed by atoms with Crippen LogP contribution in [0.25, 0.3) is 0 Å². The summed E-state index contributed by atoms with van der Waals surface area (Å²) in [5.74, 6) is -2.81. The quantitative estimate of drug-likeness (QED) is 0.807. The Hall–Kier alpha value is -1.70. The van der Waals surface area contributed by atoms with E-state index in [1.165, 1.54) is 0 Å². The fourth-order valence-corrected chi connectivity index (χ4v) is 2.42. The number of carboxylic acid groups (broad SMARTS) is 1. The number of carboxylic acids is 1. The monoisotopic (exact) mass is 348 g/mol. The maximum Gasteiger partial charge on any atom is 0.326 e. The Morgan fingerprint density at radius 2 is 2.05 bits per heavy atom. The van der Waals surface area contributed by atoms with Crippen molar-refractivity contribution < 1.29 is 23.5 Å². The van der Waals surface area contributed by atoms with Crippen LogP contribution in [0.1, 0.15) is 12.8 Å². The number of urea groups is 1. The van der Waals surface area contributed by atoms with Gasteiger partial charge in [-0.3, -0.25) is 0 Å². The molecular formula is C12H11BrF2N2O3. The molecule has 1 aromatic rings. The summed E-state index contributed by atoms with van der Waals surface area (Å²) in [6, 6.07) is 0.0986. The number of hydrogen-bond donors (Lipinski definition) is 2. The molecule has 1 heterocycles. The second-order valence-corrected chi connectivity index (χ2v) is 5.22. The van der Waals surface area contributed by atoms with Gasteiger partial charge in [0, 0.05) is 12.6 Å². The highest BCUT2D eigenvalue weighted by Crippen LogP contribution is 2.25. The van der Waals surface area contributed by atoms with Crippen molar-refractivity contribution in [2.45, 2.75) is 18.9 Å². The van der Waals surface area contributed by atoms with E-state index in [0.717, 1.165) is 11.0 Å². The van der Waals surface area contributed by atoms with E-state index in [2.05, 4.69) is 21.2 Å². The van der Waals surface area contributed by atoms with Gasteiger partial charge in [-0.15, -0.1) is 0 Å². The van der Waals surface area contributed by atoms with Crippen LogP contribution in [0, 0.1) is 11.6 Å². The van der Waals surface area contributed by atoms with Crippen LogP contribution >= 0.6 is 15.9 Å². The average molecular weight is 349 g/mol. The summed E-state index contributed by atoms with van der Waals surface area (Å²) < 4.78 is 26.6. The highest BCUT2D eigenvalue weighted by molar-refractivity contribution is 9.10. The van der Waals surface area contributed by atoms with Crippen molar-refractivity contribution in [3.8, 4) is 0 Å². The zero-order valence-electron chi connectivity index (χ0n) is 10.2. The molecule has 0 aliphatic carbocycles. The van der Waals surface area contributed by atoms with Gasteiger partial charge in [-0.1, -0.05) is 0 Å². The molecular weight excluding hydrogens is 338 g/mol. The van der Waals surface area contributed by atoms with Crippen molar-refractivity contribution in [2.24, 2.45) is 0 Å². The standard InChI is InChI=1S/C12H11BrF2N2O3/c13-6-4-9(8(15)5-7(6)14)16-12(20)17-3-1-2-10(17)11(18)19/h4-5,10H,1-3H2,(H,16,20)(H,18,19)/t10-/m1/s1. The first-order valence-corrected chi connectivity index (χ1v) is 6.64. The van der Waals surface area contributed by atoms with Crippen molar-refractivity contribution in [2.75, 3.05) is 11.9 Å². The number of likely N-dealkylation sites (tertiary alicyclic amines) is 1. The summed E-state index contributed by atoms with van der Waals surface area (Å²) in [5.41, 5.74) is -0.209. The minimum atomic E-state index is -1.10. The summed E-state index contributed by atoms with van der Waals surface area (Å²) in [4.78, 5) is 24.1. The maximum absolute atomic E-state index is 13.5. The number of amides is 2. The maximum atomic E-state index is 13.5. The second kappa shape index (κ2) is 5.74. The Morgan fingerprint density at radius 3 is 2.70 bits per heavy atom. The fraction of sp³-hybridized carbons (Fsp3) is 0.333. The zero-order valence-corrected chi connectivity index (χ0v) is 11.8. The van der Waals surface area contributed by atoms with Crippen molar-refractivity contribution >= 4 is 33.6 Å². The van der Waals surface area contributed by atoms with Gasteiger partial charge >= 0.3 is 12.0 Å². The van der Waals surface area contributed by atoms with E-state index in [0.29, 0.717) is 18.9 Å². The van der Waals surface area contributed by atoms with Crippen LogP contribution in [0.5, 0.6) is 0 Å². The highest BCUT2D eigenvalue weighted by Gasteiger charge is 2.34. The Morgan fingerprint density at radius 1 is 1.35 bits per heavy atom. The molecule has 1 aromatic carbocycles. The largest absolute Gasteiger partial charge is 0.480 e. The molecule has 0 unspecified atom stereocenters. The molecule has 1 saturated heterocycles. The number of nitrogens with one attached hydrogen (secondary N) is 1. The molecule has 1 fully saturated rings. The van der Waals surface area contributed by atoms with Gasteiger partial charge in [0.1, 0.15) is 17.7 Å². The topological polar surface area (TPSA) is 69.6 Å². The van der Waals surface area contributed by atoms with E-state index in [-0.39, 0.29) is 16.7 Å². The molecule has 2 rings (SSSR count). The van der Waals surface area contributed by atoms with Crippen molar-refractivity contribution in [3.05, 3.63) is 28.2 Å². The predicted octanol–water partition coefficient (Wildman–Crippen LogP) is 2.81. The Balaban J connectivity index is 2.16. The van der Waals surface area contributed by atoms with Gasteiger partial charge < -0.3 is 15.3 Å². The van der Waals surface area contributed by atoms with Crippen LogP contribution in [-0.4, -0.2) is 34.6 Å². The molecule has 0 aromatic heterocycles. The molecule has 0 saturated carbocycles. The molecule has 108 valence electrons. The number of carbonyl (C=O) groups excluding carboxylic acids is 1. The lowest BCUT2D eigenvalue weighted by Crippen LogP contribution is -2.42. The summed E-state index contributed by atoms with van der Waals surface area (Å²) in [7, 11) is 0. The second-order valence-electron chi connectivity index (χ2n) is 4.37. The minimum absolute atomic E-state index is 0.00501. The van der Waals surface area contributed by atoms with Gasteiger partial charge in [0.15, 0.2) is 0 Å². The van der Waals surface area contributed by atoms with E-state index in [1.54, 1.807) is 0 Å². The third-order valence-electron chi connectivity index (χ3n) is 3.05. The molecule has 1 aliphatic rings. The SMILES string of the molecule is O=C(O)[C@H]1CCCN1C(=O)Nc1cc(Br)c(F)cc1F. The van der Waals surface area contributed by atoms with Crippen LogP contribution in [0.3, 0.4) is 0 Å². The first-order valence-electron chi connectivity index (χ1n) is 5.85. The van der Waals surface area contributed by atoms with Gasteiger partial charge in [-0.05, 0) is 34.8 Å². The number of aliphatic carboxylic acids is 1. The summed E-state index contributed by atoms with van der Waals surface area (Å²) in [6.07, 6.45) is 0.929. The lowest BCUT2D eigenvalue weighted by atomic mass is 10.2. The van der Waals surface area contributed by atoms with Gasteiger partial charge in [0.05, 0.1) is 10.2 Å². The first kappa shape index (κ1) is 14.7. The Labute approximate surface area is 121 Å². The normalized spacial score (nSPS) is 18.1. The minimum Gasteiger partial charge on any atom is -0.480 e. The van der Waals surface area contributed by atoms with Crippen molar-refractivity contribution in [3.63, 3.8) is 0 Å². The number of halogens is 3. The molecule has 2 amide bonds. The third-order valence-corrected chi connectivity index (χ3v) is 3.66. The first-order chi connectivity index (χ1) is 9.40. The van der Waals surface area contributed by atoms with E-state index in [4.69, 9.17) is 5.11 Å². The molecule has 0 bridgehead atoms. The van der Waals surface area contributed by atoms with Crippen LogP contribution in [-0.2, 0) is 4.79 Å². The molecule has 1 atom stereocenters. The van der Waals surface area contributed by atoms with E-state index in [1.807, 2.05) is 0 Å². The number of benzene rings is 1. The molecule has 8 heteroatoms. The predicted molar refractivity (Wildman–Crippen MR) is 70.4 cm³/mol. The van der Waals surface area contributed by atoms with Crippen molar-refractivity contribution in [1.82, 2.24) is 4.90 Å². The van der Waals surface area contributed by atoms with Crippen LogP contribution in [0.2, 0.25) is 0 Å². The summed E-state index contributed by atoms with van der Waals surface area (Å²) >= 11 is 2.89. The van der Waals surface area contributed by atoms with Crippen LogP contribution < -0.4 is 5.32 Å². The number of anilines is 1. The van der Waals surface area contributed by atoms with Gasteiger partial charge in [0.25, 0.3) is 0 Å². The van der Waals surface area contributed by atoms with E-state index >= 15 is 0 Å². The molecule has 1 aliphatic heterocycles. The van der Waals surface area contributed by atoms with Gasteiger partial charge in [-0.2, -0.15) is 0 Å². The van der Waals surface area contributed by atoms with E-state index < -0.39 is 29.7 Å². The lowest BCUT2D eigenvalue weighted by molar-refractivity contribution is -0.141. The zero-order chi connectivity index (χ0) is 14.9. The number of rotatable bonds is 2. The molecule has 2 N–H and O–H groups in total. The highest BCUT2D eigenvalue weighted by atomic mass is 79.9. The third kappa shape index (κ3) is 2.90. The van der Waals surface area contributed by atoms with Crippen LogP contribution in [0.4, 0.5) is 19.3 Å². The number of hydrogen-bond acceptors (Lipinski definition) is 2. The lowest BCUT2D eigenvalue weighted by Gasteiger charge is -2.22. The van der Waals surface area contributed by atoms with Gasteiger partial charge in [-0.25, -0.2) is 18.4 Å². The fourth-order valence-electron chi connectivity index (χ4n) is 2.07. The Bertz CT molecular complexity index is 568. The Kier molecular flexibility index (Phi) is 4.22. The molecule has 0 radical (unpaired) electrons. The molecule has 20 heavy (non-hydrogen) atoms. The molecule has 0 spiro atoms. The summed E-state index contributed by atoms with van der Waals surface area (Å²) in [5, 5.41) is 11.2. The van der Waals surface area contributed by atoms with Crippen molar-refractivity contribution in [1.29, 1.82) is 0 Å². The number of carbonyl (C=O) groups is 2. The van der Waals surface area contributed by atoms with Gasteiger partial charge in [0.2, 0.25) is 0 Å². The smallest absolute Gasteiger partial charge is 0.326 e. The summed E-state index contributed by atoms with van der Waals surface area (Å²) in [6.45, 7) is 0.285. The van der Waals surface area contributed by atoms with E-state index in [9.17, 15) is 18.4 Å². The average Bonchev–Trinajstić information content (AvgIpc) is 2.85. The molecule has 5 nitrogen and oxygen atoms in total.